The van der Waals surface area contributed by atoms with Crippen LogP contribution >= 0.6 is 0 Å². The van der Waals surface area contributed by atoms with Crippen LogP contribution in [0.5, 0.6) is 0 Å². The van der Waals surface area contributed by atoms with Crippen molar-refractivity contribution in [3.05, 3.63) is 55.2 Å². The van der Waals surface area contributed by atoms with Crippen molar-refractivity contribution in [1.82, 2.24) is 29.9 Å². The van der Waals surface area contributed by atoms with Crippen LogP contribution in [0.4, 0.5) is 11.6 Å². The van der Waals surface area contributed by atoms with Crippen LogP contribution in [-0.4, -0.2) is 53.4 Å². The highest BCUT2D eigenvalue weighted by molar-refractivity contribution is 6.56. The Kier molecular flexibility index (Phi) is 4.27. The summed E-state index contributed by atoms with van der Waals surface area (Å²) in [6.07, 6.45) is 6.19. The van der Waals surface area contributed by atoms with Gasteiger partial charge in [0.2, 0.25) is 5.95 Å². The third-order valence-electron chi connectivity index (χ3n) is 3.60. The van der Waals surface area contributed by atoms with Crippen LogP contribution in [0, 0.1) is 0 Å². The van der Waals surface area contributed by atoms with Crippen LogP contribution in [0.3, 0.4) is 0 Å². The molecule has 4 aromatic rings. The SMILES string of the molecule is [B]C([B])([B])n1cc(Nc2nccc(-c3cccc(-c4ccon4)n3)n2)cn1. The van der Waals surface area contributed by atoms with Gasteiger partial charge in [0, 0.05) is 18.5 Å². The van der Waals surface area contributed by atoms with Gasteiger partial charge in [-0.05, 0) is 23.4 Å². The molecule has 124 valence electrons. The van der Waals surface area contributed by atoms with E-state index < -0.39 is 5.24 Å². The second-order valence-electron chi connectivity index (χ2n) is 5.74. The molecule has 0 fully saturated rings. The summed E-state index contributed by atoms with van der Waals surface area (Å²) in [5.74, 6) is 0.359. The molecule has 0 saturated carbocycles. The van der Waals surface area contributed by atoms with Crippen LogP contribution in [0.1, 0.15) is 0 Å². The lowest BCUT2D eigenvalue weighted by molar-refractivity contribution is 0.422. The number of nitrogens with zero attached hydrogens (tertiary/aromatic N) is 6. The van der Waals surface area contributed by atoms with Crippen molar-refractivity contribution in [2.24, 2.45) is 0 Å². The van der Waals surface area contributed by atoms with E-state index in [9.17, 15) is 0 Å². The van der Waals surface area contributed by atoms with Gasteiger partial charge in [-0.15, -0.1) is 0 Å². The smallest absolute Gasteiger partial charge is 0.227 e. The van der Waals surface area contributed by atoms with Crippen molar-refractivity contribution in [2.45, 2.75) is 5.24 Å². The maximum Gasteiger partial charge on any atom is 0.227 e. The summed E-state index contributed by atoms with van der Waals surface area (Å²) in [5.41, 5.74) is 3.21. The van der Waals surface area contributed by atoms with Crippen molar-refractivity contribution in [2.75, 3.05) is 5.32 Å². The lowest BCUT2D eigenvalue weighted by atomic mass is 9.49. The van der Waals surface area contributed by atoms with E-state index in [1.165, 1.54) is 17.1 Å². The van der Waals surface area contributed by atoms with Crippen molar-refractivity contribution in [3.63, 3.8) is 0 Å². The van der Waals surface area contributed by atoms with E-state index in [0.717, 1.165) is 0 Å². The fraction of sp³-hybridized carbons (Fsp3) is 0.0625. The number of anilines is 2. The summed E-state index contributed by atoms with van der Waals surface area (Å²) in [7, 11) is 16.8. The number of hydrogen-bond acceptors (Lipinski definition) is 7. The zero-order valence-electron chi connectivity index (χ0n) is 14.0. The topological polar surface area (TPSA) is 94.6 Å². The molecule has 6 radical (unpaired) electrons. The predicted octanol–water partition coefficient (Wildman–Crippen LogP) is 1.21. The predicted molar refractivity (Wildman–Crippen MR) is 102 cm³/mol. The molecule has 8 nitrogen and oxygen atoms in total. The van der Waals surface area contributed by atoms with E-state index in [1.807, 2.05) is 18.2 Å². The van der Waals surface area contributed by atoms with Gasteiger partial charge < -0.3 is 9.84 Å². The molecule has 0 aliphatic heterocycles. The largest absolute Gasteiger partial charge is 0.364 e. The van der Waals surface area contributed by atoms with Crippen LogP contribution < -0.4 is 5.32 Å². The Hall–Kier alpha value is -3.36. The monoisotopic (exact) mass is 349 g/mol. The Morgan fingerprint density at radius 3 is 2.44 bits per heavy atom. The minimum absolute atomic E-state index is 0.359. The minimum Gasteiger partial charge on any atom is -0.364 e. The fourth-order valence-corrected chi connectivity index (χ4v) is 2.35. The van der Waals surface area contributed by atoms with Gasteiger partial charge >= 0.3 is 0 Å². The molecule has 0 amide bonds. The Morgan fingerprint density at radius 2 is 1.74 bits per heavy atom. The fourth-order valence-electron chi connectivity index (χ4n) is 2.35. The number of hydrogen-bond donors (Lipinski definition) is 1. The highest BCUT2D eigenvalue weighted by atomic mass is 16.5. The molecule has 27 heavy (non-hydrogen) atoms. The van der Waals surface area contributed by atoms with Gasteiger partial charge in [-0.2, -0.15) is 5.10 Å². The van der Waals surface area contributed by atoms with Gasteiger partial charge in [0.25, 0.3) is 0 Å². The van der Waals surface area contributed by atoms with Crippen LogP contribution in [-0.2, 0) is 5.24 Å². The third-order valence-corrected chi connectivity index (χ3v) is 3.60. The van der Waals surface area contributed by atoms with Gasteiger partial charge in [-0.1, -0.05) is 11.2 Å². The number of rotatable bonds is 5. The van der Waals surface area contributed by atoms with Gasteiger partial charge in [-0.3, -0.25) is 4.68 Å². The van der Waals surface area contributed by atoms with E-state index in [-0.39, 0.29) is 0 Å². The average molecular weight is 349 g/mol. The molecular formula is C16H10B3N7O. The maximum atomic E-state index is 5.59. The molecule has 11 heteroatoms. The molecule has 0 aromatic carbocycles. The van der Waals surface area contributed by atoms with Crippen molar-refractivity contribution < 1.29 is 4.52 Å². The maximum absolute atomic E-state index is 5.59. The van der Waals surface area contributed by atoms with Crippen molar-refractivity contribution in [1.29, 1.82) is 0 Å². The first kappa shape index (κ1) is 17.1. The summed E-state index contributed by atoms with van der Waals surface area (Å²) in [4.78, 5) is 13.2. The van der Waals surface area contributed by atoms with E-state index in [2.05, 4.69) is 30.5 Å². The molecule has 0 aliphatic rings. The molecule has 0 atom stereocenters. The molecular weight excluding hydrogens is 339 g/mol. The normalized spacial score (nSPS) is 11.4. The summed E-state index contributed by atoms with van der Waals surface area (Å²) in [6.45, 7) is 0. The van der Waals surface area contributed by atoms with E-state index in [0.29, 0.717) is 34.4 Å². The van der Waals surface area contributed by atoms with E-state index in [1.54, 1.807) is 24.5 Å². The molecule has 0 spiro atoms. The molecule has 1 N–H and O–H groups in total. The highest BCUT2D eigenvalue weighted by Gasteiger charge is 2.13. The third kappa shape index (κ3) is 3.76. The standard InChI is InChI=1S/C16H10B3N7O/c17-16(18,19)26-9-10(8-21-26)22-15-20-6-4-13(24-15)11-2-1-3-12(23-11)14-5-7-27-25-14/h1-9H,(H,20,22,24). The molecule has 0 aliphatic carbocycles. The first-order valence-corrected chi connectivity index (χ1v) is 7.89. The second-order valence-corrected chi connectivity index (χ2v) is 5.74. The zero-order chi connectivity index (χ0) is 18.9. The Balaban J connectivity index is 1.60. The van der Waals surface area contributed by atoms with Gasteiger partial charge in [0.15, 0.2) is 0 Å². The number of nitrogens with one attached hydrogen (secondary N) is 1. The number of pyridine rings is 1. The first-order chi connectivity index (χ1) is 13.0. The zero-order valence-corrected chi connectivity index (χ0v) is 14.0. The van der Waals surface area contributed by atoms with Crippen molar-refractivity contribution in [3.8, 4) is 22.8 Å². The van der Waals surface area contributed by atoms with E-state index in [4.69, 9.17) is 28.1 Å². The molecule has 0 saturated heterocycles. The molecule has 0 bridgehead atoms. The summed E-state index contributed by atoms with van der Waals surface area (Å²) in [6, 6.07) is 9.06. The van der Waals surface area contributed by atoms with Crippen molar-refractivity contribution >= 4 is 35.2 Å². The second kappa shape index (κ2) is 6.75. The molecule has 4 heterocycles. The lowest BCUT2D eigenvalue weighted by Gasteiger charge is -2.20. The molecule has 4 rings (SSSR count). The highest BCUT2D eigenvalue weighted by Crippen LogP contribution is 2.21. The Morgan fingerprint density at radius 1 is 0.963 bits per heavy atom. The van der Waals surface area contributed by atoms with Crippen LogP contribution in [0.25, 0.3) is 22.8 Å². The van der Waals surface area contributed by atoms with E-state index >= 15 is 0 Å². The van der Waals surface area contributed by atoms with Gasteiger partial charge in [0.05, 0.1) is 52.5 Å². The Bertz CT molecular complexity index is 1060. The average Bonchev–Trinajstić information content (AvgIpc) is 3.34. The lowest BCUT2D eigenvalue weighted by Crippen LogP contribution is -2.35. The quantitative estimate of drug-likeness (QED) is 0.541. The molecule has 4 aromatic heterocycles. The Labute approximate surface area is 158 Å². The first-order valence-electron chi connectivity index (χ1n) is 7.89. The van der Waals surface area contributed by atoms with Gasteiger partial charge in [0.1, 0.15) is 12.0 Å². The summed E-state index contributed by atoms with van der Waals surface area (Å²) in [5, 5.41) is 9.33. The number of aromatic nitrogens is 6. The molecule has 0 unspecified atom stereocenters. The van der Waals surface area contributed by atoms with Gasteiger partial charge in [-0.25, -0.2) is 15.0 Å². The summed E-state index contributed by atoms with van der Waals surface area (Å²) < 4.78 is 6.09. The van der Waals surface area contributed by atoms with Crippen LogP contribution in [0.2, 0.25) is 0 Å². The summed E-state index contributed by atoms with van der Waals surface area (Å²) >= 11 is 0. The minimum atomic E-state index is -1.59. The van der Waals surface area contributed by atoms with Crippen LogP contribution in [0.15, 0.2) is 59.7 Å².